The van der Waals surface area contributed by atoms with Crippen molar-refractivity contribution in [1.29, 1.82) is 0 Å². The molecule has 3 atom stereocenters. The summed E-state index contributed by atoms with van der Waals surface area (Å²) in [5.74, 6) is 1.74. The number of nitro benzene ring substituents is 1. The average Bonchev–Trinajstić information content (AvgIpc) is 3.28. The lowest BCUT2D eigenvalue weighted by Gasteiger charge is -2.38. The molecule has 5 heteroatoms. The second kappa shape index (κ2) is 8.23. The molecule has 0 radical (unpaired) electrons. The normalized spacial score (nSPS) is 21.3. The molecule has 31 heavy (non-hydrogen) atoms. The first-order chi connectivity index (χ1) is 15.1. The van der Waals surface area contributed by atoms with Gasteiger partial charge >= 0.3 is 0 Å². The summed E-state index contributed by atoms with van der Waals surface area (Å²) in [5.41, 5.74) is 6.44. The third kappa shape index (κ3) is 3.86. The van der Waals surface area contributed by atoms with Crippen LogP contribution >= 0.6 is 11.8 Å². The van der Waals surface area contributed by atoms with Crippen molar-refractivity contribution in [2.45, 2.75) is 36.0 Å². The fourth-order valence-electron chi connectivity index (χ4n) is 4.86. The second-order valence-corrected chi connectivity index (χ2v) is 9.35. The van der Waals surface area contributed by atoms with Gasteiger partial charge in [-0.3, -0.25) is 10.1 Å². The predicted molar refractivity (Wildman–Crippen MR) is 127 cm³/mol. The van der Waals surface area contributed by atoms with Crippen LogP contribution in [0.15, 0.2) is 83.8 Å². The quantitative estimate of drug-likeness (QED) is 0.205. The van der Waals surface area contributed by atoms with Crippen molar-refractivity contribution >= 4 is 23.1 Å². The smallest absolute Gasteiger partial charge is 0.269 e. The third-order valence-electron chi connectivity index (χ3n) is 6.34. The molecule has 0 spiro atoms. The van der Waals surface area contributed by atoms with Gasteiger partial charge in [-0.15, -0.1) is 11.8 Å². The highest BCUT2D eigenvalue weighted by Crippen LogP contribution is 2.51. The maximum atomic E-state index is 11.0. The lowest BCUT2D eigenvalue weighted by atomic mass is 9.76. The first kappa shape index (κ1) is 19.9. The molecule has 1 aliphatic carbocycles. The van der Waals surface area contributed by atoms with E-state index >= 15 is 0 Å². The third-order valence-corrected chi connectivity index (χ3v) is 7.42. The van der Waals surface area contributed by atoms with Crippen LogP contribution in [0.1, 0.15) is 40.6 Å². The Morgan fingerprint density at radius 1 is 1.10 bits per heavy atom. The summed E-state index contributed by atoms with van der Waals surface area (Å²) in [7, 11) is 0. The Morgan fingerprint density at radius 2 is 1.87 bits per heavy atom. The molecule has 3 aromatic carbocycles. The van der Waals surface area contributed by atoms with Crippen molar-refractivity contribution in [1.82, 2.24) is 0 Å². The summed E-state index contributed by atoms with van der Waals surface area (Å²) in [5, 5.41) is 14.8. The van der Waals surface area contributed by atoms with Crippen LogP contribution in [0.3, 0.4) is 0 Å². The number of fused-ring (bicyclic) bond motifs is 3. The Morgan fingerprint density at radius 3 is 2.61 bits per heavy atom. The van der Waals surface area contributed by atoms with E-state index in [4.69, 9.17) is 0 Å². The number of hydrogen-bond donors (Lipinski definition) is 1. The maximum Gasteiger partial charge on any atom is 0.269 e. The van der Waals surface area contributed by atoms with Gasteiger partial charge in [-0.2, -0.15) is 0 Å². The molecule has 156 valence electrons. The number of rotatable bonds is 5. The van der Waals surface area contributed by atoms with E-state index in [1.54, 1.807) is 12.1 Å². The molecule has 0 saturated carbocycles. The van der Waals surface area contributed by atoms with Gasteiger partial charge in [0.1, 0.15) is 0 Å². The molecule has 0 fully saturated rings. The Hall–Kier alpha value is -3.05. The molecule has 0 saturated heterocycles. The van der Waals surface area contributed by atoms with Gasteiger partial charge in [0, 0.05) is 34.4 Å². The average molecular weight is 429 g/mol. The predicted octanol–water partition coefficient (Wildman–Crippen LogP) is 7.02. The van der Waals surface area contributed by atoms with Crippen molar-refractivity contribution in [2.75, 3.05) is 5.32 Å². The number of benzene rings is 3. The van der Waals surface area contributed by atoms with E-state index in [-0.39, 0.29) is 16.7 Å². The molecule has 0 amide bonds. The number of non-ortho nitro benzene ring substituents is 1. The molecule has 0 unspecified atom stereocenters. The molecule has 0 bridgehead atoms. The summed E-state index contributed by atoms with van der Waals surface area (Å²) in [4.78, 5) is 12.0. The first-order valence-electron chi connectivity index (χ1n) is 10.6. The van der Waals surface area contributed by atoms with Crippen LogP contribution in [0, 0.1) is 23.0 Å². The summed E-state index contributed by atoms with van der Waals surface area (Å²) in [6.07, 6.45) is 5.64. The van der Waals surface area contributed by atoms with Crippen LogP contribution in [0.4, 0.5) is 11.4 Å². The van der Waals surface area contributed by atoms with E-state index in [1.807, 2.05) is 30.0 Å². The Balaban J connectivity index is 1.44. The van der Waals surface area contributed by atoms with E-state index < -0.39 is 0 Å². The minimum absolute atomic E-state index is 0.137. The van der Waals surface area contributed by atoms with E-state index in [0.29, 0.717) is 11.8 Å². The van der Waals surface area contributed by atoms with Gasteiger partial charge in [-0.25, -0.2) is 0 Å². The Labute approximate surface area is 186 Å². The number of aryl methyl sites for hydroxylation is 1. The zero-order valence-electron chi connectivity index (χ0n) is 17.3. The van der Waals surface area contributed by atoms with Crippen LogP contribution in [-0.2, 0) is 5.75 Å². The highest BCUT2D eigenvalue weighted by Gasteiger charge is 2.38. The van der Waals surface area contributed by atoms with Crippen molar-refractivity contribution in [3.63, 3.8) is 0 Å². The van der Waals surface area contributed by atoms with Gasteiger partial charge < -0.3 is 5.32 Å². The van der Waals surface area contributed by atoms with Gasteiger partial charge in [0.2, 0.25) is 0 Å². The molecular formula is C26H24N2O2S. The molecule has 3 aromatic rings. The molecule has 2 aliphatic rings. The maximum absolute atomic E-state index is 11.0. The van der Waals surface area contributed by atoms with Gasteiger partial charge in [0.05, 0.1) is 11.0 Å². The zero-order valence-corrected chi connectivity index (χ0v) is 18.1. The lowest BCUT2D eigenvalue weighted by molar-refractivity contribution is -0.384. The number of nitro groups is 1. The number of nitrogens with zero attached hydrogens (tertiary/aromatic N) is 1. The standard InChI is InChI=1S/C26H24N2O2S/c1-17-14-18(16-31-21-6-3-2-4-7-21)15-24-22-8-5-9-23(22)26(27-25(17)24)19-10-12-20(13-11-19)28(29)30/h2-8,10-15,22-23,26-27H,9,16H2,1H3/t22-,23+,26-/m1/s1. The summed E-state index contributed by atoms with van der Waals surface area (Å²) >= 11 is 1.87. The molecule has 1 heterocycles. The van der Waals surface area contributed by atoms with Gasteiger partial charge in [0.25, 0.3) is 5.69 Å². The van der Waals surface area contributed by atoms with Gasteiger partial charge in [0.15, 0.2) is 0 Å². The van der Waals surface area contributed by atoms with Crippen LogP contribution in [0.25, 0.3) is 0 Å². The van der Waals surface area contributed by atoms with Crippen molar-refractivity contribution in [3.8, 4) is 0 Å². The van der Waals surface area contributed by atoms with Crippen LogP contribution in [0.2, 0.25) is 0 Å². The number of hydrogen-bond acceptors (Lipinski definition) is 4. The molecule has 5 rings (SSSR count). The SMILES string of the molecule is Cc1cc(CSc2ccccc2)cc2c1N[C@H](c1ccc([N+](=O)[O-])cc1)[C@H]1CC=C[C@@H]21. The first-order valence-corrected chi connectivity index (χ1v) is 11.6. The van der Waals surface area contributed by atoms with E-state index in [9.17, 15) is 10.1 Å². The molecule has 1 aliphatic heterocycles. The number of anilines is 1. The topological polar surface area (TPSA) is 55.2 Å². The van der Waals surface area contributed by atoms with Crippen LogP contribution in [0.5, 0.6) is 0 Å². The fourth-order valence-corrected chi connectivity index (χ4v) is 5.71. The van der Waals surface area contributed by atoms with Crippen LogP contribution in [-0.4, -0.2) is 4.92 Å². The van der Waals surface area contributed by atoms with E-state index in [1.165, 1.54) is 27.3 Å². The summed E-state index contributed by atoms with van der Waals surface area (Å²) < 4.78 is 0. The number of allylic oxidation sites excluding steroid dienone is 2. The monoisotopic (exact) mass is 428 g/mol. The second-order valence-electron chi connectivity index (χ2n) is 8.30. The number of thioether (sulfide) groups is 1. The Kier molecular flexibility index (Phi) is 5.28. The highest BCUT2D eigenvalue weighted by atomic mass is 32.2. The molecule has 4 nitrogen and oxygen atoms in total. The summed E-state index contributed by atoms with van der Waals surface area (Å²) in [6.45, 7) is 2.18. The Bertz CT molecular complexity index is 1140. The highest BCUT2D eigenvalue weighted by molar-refractivity contribution is 7.98. The number of nitrogens with one attached hydrogen (secondary N) is 1. The fraction of sp³-hybridized carbons (Fsp3) is 0.231. The summed E-state index contributed by atoms with van der Waals surface area (Å²) in [6, 6.07) is 22.3. The van der Waals surface area contributed by atoms with E-state index in [0.717, 1.165) is 17.7 Å². The largest absolute Gasteiger partial charge is 0.377 e. The minimum Gasteiger partial charge on any atom is -0.377 e. The van der Waals surface area contributed by atoms with Gasteiger partial charge in [-0.1, -0.05) is 54.6 Å². The van der Waals surface area contributed by atoms with E-state index in [2.05, 4.69) is 60.8 Å². The molecule has 0 aromatic heterocycles. The zero-order chi connectivity index (χ0) is 21.4. The van der Waals surface area contributed by atoms with Crippen LogP contribution < -0.4 is 5.32 Å². The minimum atomic E-state index is -0.341. The molecular weight excluding hydrogens is 404 g/mol. The van der Waals surface area contributed by atoms with Crippen molar-refractivity contribution < 1.29 is 4.92 Å². The van der Waals surface area contributed by atoms with Crippen molar-refractivity contribution in [2.24, 2.45) is 5.92 Å². The lowest BCUT2D eigenvalue weighted by Crippen LogP contribution is -2.29. The van der Waals surface area contributed by atoms with Gasteiger partial charge in [-0.05, 0) is 53.6 Å². The molecule has 1 N–H and O–H groups in total. The van der Waals surface area contributed by atoms with Crippen molar-refractivity contribution in [3.05, 3.63) is 111 Å².